The molecule has 8 nitrogen and oxygen atoms in total. The lowest BCUT2D eigenvalue weighted by Crippen LogP contribution is -2.48. The Bertz CT molecular complexity index is 1020. The highest BCUT2D eigenvalue weighted by atomic mass is 16.5. The van der Waals surface area contributed by atoms with E-state index in [0.717, 1.165) is 5.56 Å². The number of carboxylic acid groups (broad SMARTS) is 1. The number of urea groups is 1. The lowest BCUT2D eigenvalue weighted by atomic mass is 9.94. The highest BCUT2D eigenvalue weighted by Gasteiger charge is 2.36. The molecule has 2 aromatic rings. The van der Waals surface area contributed by atoms with Crippen LogP contribution in [0, 0.1) is 0 Å². The lowest BCUT2D eigenvalue weighted by Gasteiger charge is -2.35. The molecule has 0 saturated carbocycles. The summed E-state index contributed by atoms with van der Waals surface area (Å²) < 4.78 is 10.9. The molecule has 168 valence electrons. The van der Waals surface area contributed by atoms with E-state index in [1.807, 2.05) is 30.3 Å². The molecule has 2 N–H and O–H groups in total. The largest absolute Gasteiger partial charge is 0.497 e. The number of aliphatic carboxylic acids is 1. The summed E-state index contributed by atoms with van der Waals surface area (Å²) in [6.07, 6.45) is 0.181. The van der Waals surface area contributed by atoms with Crippen LogP contribution >= 0.6 is 0 Å². The van der Waals surface area contributed by atoms with Crippen LogP contribution in [-0.4, -0.2) is 41.6 Å². The van der Waals surface area contributed by atoms with Crippen molar-refractivity contribution < 1.29 is 29.0 Å². The third kappa shape index (κ3) is 5.46. The number of carbonyl (C=O) groups is 3. The quantitative estimate of drug-likeness (QED) is 0.579. The molecule has 1 atom stereocenters. The summed E-state index contributed by atoms with van der Waals surface area (Å²) in [4.78, 5) is 38.3. The number of rotatable bonds is 9. The first-order chi connectivity index (χ1) is 15.4. The van der Waals surface area contributed by atoms with Gasteiger partial charge in [-0.25, -0.2) is 9.59 Å². The van der Waals surface area contributed by atoms with Crippen LogP contribution in [0.4, 0.5) is 4.79 Å². The van der Waals surface area contributed by atoms with E-state index in [-0.39, 0.29) is 26.0 Å². The number of nitrogens with one attached hydrogen (secondary N) is 1. The van der Waals surface area contributed by atoms with Gasteiger partial charge in [-0.3, -0.25) is 9.69 Å². The van der Waals surface area contributed by atoms with Gasteiger partial charge in [0.05, 0.1) is 18.7 Å². The standard InChI is InChI=1S/C24H26N2O6/c1-16-21(23(29)32-15-17-8-4-3-5-9-17)22(18-10-6-11-19(14-18)31-2)25-24(30)26(16)13-7-12-20(27)28/h3-6,8-11,14,22H,7,12-13,15H2,1-2H3,(H,25,30)(H,27,28). The number of hydrogen-bond acceptors (Lipinski definition) is 5. The Balaban J connectivity index is 1.92. The molecule has 0 aromatic heterocycles. The van der Waals surface area contributed by atoms with Gasteiger partial charge >= 0.3 is 18.0 Å². The molecular formula is C24H26N2O6. The van der Waals surface area contributed by atoms with Crippen LogP contribution in [0.2, 0.25) is 0 Å². The smallest absolute Gasteiger partial charge is 0.338 e. The maximum Gasteiger partial charge on any atom is 0.338 e. The fourth-order valence-electron chi connectivity index (χ4n) is 3.58. The van der Waals surface area contributed by atoms with Gasteiger partial charge in [-0.15, -0.1) is 0 Å². The number of allylic oxidation sites excluding steroid dienone is 1. The van der Waals surface area contributed by atoms with Gasteiger partial charge in [0.2, 0.25) is 0 Å². The number of amides is 2. The van der Waals surface area contributed by atoms with Crippen molar-refractivity contribution in [1.29, 1.82) is 0 Å². The van der Waals surface area contributed by atoms with E-state index < -0.39 is 24.0 Å². The number of nitrogens with zero attached hydrogens (tertiary/aromatic N) is 1. The van der Waals surface area contributed by atoms with E-state index in [1.165, 1.54) is 4.90 Å². The predicted molar refractivity (Wildman–Crippen MR) is 117 cm³/mol. The number of ether oxygens (including phenoxy) is 2. The SMILES string of the molecule is COc1cccc(C2NC(=O)N(CCCC(=O)O)C(C)=C2C(=O)OCc2ccccc2)c1. The van der Waals surface area contributed by atoms with E-state index in [4.69, 9.17) is 14.6 Å². The molecule has 3 rings (SSSR count). The van der Waals surface area contributed by atoms with Crippen molar-refractivity contribution in [2.45, 2.75) is 32.4 Å². The van der Waals surface area contributed by atoms with Crippen molar-refractivity contribution in [2.75, 3.05) is 13.7 Å². The van der Waals surface area contributed by atoms with Crippen LogP contribution in [-0.2, 0) is 20.9 Å². The lowest BCUT2D eigenvalue weighted by molar-refractivity contribution is -0.141. The van der Waals surface area contributed by atoms with Crippen molar-refractivity contribution in [3.63, 3.8) is 0 Å². The van der Waals surface area contributed by atoms with Gasteiger partial charge in [0.15, 0.2) is 0 Å². The van der Waals surface area contributed by atoms with Gasteiger partial charge in [0.1, 0.15) is 12.4 Å². The maximum absolute atomic E-state index is 13.2. The molecule has 0 spiro atoms. The van der Waals surface area contributed by atoms with Gasteiger partial charge in [-0.2, -0.15) is 0 Å². The van der Waals surface area contributed by atoms with Gasteiger partial charge in [0.25, 0.3) is 0 Å². The van der Waals surface area contributed by atoms with Crippen molar-refractivity contribution in [3.05, 3.63) is 77.0 Å². The van der Waals surface area contributed by atoms with Crippen molar-refractivity contribution >= 4 is 18.0 Å². The highest BCUT2D eigenvalue weighted by molar-refractivity contribution is 5.95. The van der Waals surface area contributed by atoms with E-state index in [2.05, 4.69) is 5.32 Å². The molecule has 32 heavy (non-hydrogen) atoms. The molecule has 2 aromatic carbocycles. The molecule has 1 unspecified atom stereocenters. The van der Waals surface area contributed by atoms with Gasteiger partial charge in [-0.05, 0) is 36.6 Å². The fraction of sp³-hybridized carbons (Fsp3) is 0.292. The third-order valence-corrected chi connectivity index (χ3v) is 5.23. The van der Waals surface area contributed by atoms with Gasteiger partial charge < -0.3 is 19.9 Å². The summed E-state index contributed by atoms with van der Waals surface area (Å²) in [6.45, 7) is 1.93. The molecule has 0 radical (unpaired) electrons. The average Bonchev–Trinajstić information content (AvgIpc) is 2.79. The van der Waals surface area contributed by atoms with Gasteiger partial charge in [0, 0.05) is 18.7 Å². The zero-order valence-electron chi connectivity index (χ0n) is 18.0. The first kappa shape index (κ1) is 22.9. The molecule has 8 heteroatoms. The van der Waals surface area contributed by atoms with Crippen LogP contribution < -0.4 is 10.1 Å². The summed E-state index contributed by atoms with van der Waals surface area (Å²) in [6, 6.07) is 15.3. The molecule has 0 bridgehead atoms. The fourth-order valence-corrected chi connectivity index (χ4v) is 3.58. The Hall–Kier alpha value is -3.81. The monoisotopic (exact) mass is 438 g/mol. The first-order valence-electron chi connectivity index (χ1n) is 10.3. The first-order valence-corrected chi connectivity index (χ1v) is 10.3. The molecular weight excluding hydrogens is 412 g/mol. The van der Waals surface area contributed by atoms with Crippen molar-refractivity contribution in [1.82, 2.24) is 10.2 Å². The third-order valence-electron chi connectivity index (χ3n) is 5.23. The molecule has 1 heterocycles. The Morgan fingerprint density at radius 3 is 2.56 bits per heavy atom. The maximum atomic E-state index is 13.2. The Kier molecular flexibility index (Phi) is 7.49. The highest BCUT2D eigenvalue weighted by Crippen LogP contribution is 2.33. The number of benzene rings is 2. The van der Waals surface area contributed by atoms with Crippen molar-refractivity contribution in [2.24, 2.45) is 0 Å². The van der Waals surface area contributed by atoms with Crippen LogP contribution in [0.25, 0.3) is 0 Å². The summed E-state index contributed by atoms with van der Waals surface area (Å²) >= 11 is 0. The van der Waals surface area contributed by atoms with E-state index in [1.54, 1.807) is 38.3 Å². The Morgan fingerprint density at radius 2 is 1.88 bits per heavy atom. The normalized spacial score (nSPS) is 15.9. The predicted octanol–water partition coefficient (Wildman–Crippen LogP) is 3.64. The molecule has 1 aliphatic rings. The van der Waals surface area contributed by atoms with E-state index in [9.17, 15) is 14.4 Å². The number of esters is 1. The average molecular weight is 438 g/mol. The second-order valence-corrected chi connectivity index (χ2v) is 7.37. The minimum absolute atomic E-state index is 0.0792. The second-order valence-electron chi connectivity index (χ2n) is 7.37. The molecule has 1 aliphatic heterocycles. The summed E-state index contributed by atoms with van der Waals surface area (Å²) in [5, 5.41) is 11.8. The summed E-state index contributed by atoms with van der Waals surface area (Å²) in [7, 11) is 1.54. The number of carbonyl (C=O) groups excluding carboxylic acids is 2. The zero-order valence-corrected chi connectivity index (χ0v) is 18.0. The Morgan fingerprint density at radius 1 is 1.12 bits per heavy atom. The van der Waals surface area contributed by atoms with Crippen LogP contribution in [0.3, 0.4) is 0 Å². The Labute approximate surface area is 186 Å². The minimum atomic E-state index is -0.944. The number of carboxylic acids is 1. The molecule has 0 saturated heterocycles. The summed E-state index contributed by atoms with van der Waals surface area (Å²) in [5.41, 5.74) is 2.25. The van der Waals surface area contributed by atoms with Crippen molar-refractivity contribution in [3.8, 4) is 5.75 Å². The van der Waals surface area contributed by atoms with Crippen LogP contribution in [0.1, 0.15) is 36.9 Å². The van der Waals surface area contributed by atoms with E-state index >= 15 is 0 Å². The number of methoxy groups -OCH3 is 1. The molecule has 0 fully saturated rings. The van der Waals surface area contributed by atoms with Crippen LogP contribution in [0.5, 0.6) is 5.75 Å². The van der Waals surface area contributed by atoms with Gasteiger partial charge in [-0.1, -0.05) is 42.5 Å². The van der Waals surface area contributed by atoms with E-state index in [0.29, 0.717) is 22.6 Å². The summed E-state index contributed by atoms with van der Waals surface area (Å²) in [5.74, 6) is -0.904. The second kappa shape index (κ2) is 10.5. The number of hydrogen-bond donors (Lipinski definition) is 2. The molecule has 2 amide bonds. The zero-order chi connectivity index (χ0) is 23.1. The molecule has 0 aliphatic carbocycles. The minimum Gasteiger partial charge on any atom is -0.497 e. The topological polar surface area (TPSA) is 105 Å². The van der Waals surface area contributed by atoms with Crippen LogP contribution in [0.15, 0.2) is 65.9 Å².